The molecule has 2 heterocycles. The maximum absolute atomic E-state index is 13.0. The van der Waals surface area contributed by atoms with E-state index < -0.39 is 10.0 Å². The summed E-state index contributed by atoms with van der Waals surface area (Å²) >= 11 is 1.57. The first-order chi connectivity index (χ1) is 13.3. The summed E-state index contributed by atoms with van der Waals surface area (Å²) in [4.78, 5) is 5.96. The number of rotatable bonds is 7. The standard InChI is InChI=1S/C20H30N4O2S2/c1-13(2)12-22-20-23-15(4)19(27-20)16-6-5-14(3)18(11-16)28(25,26)24-17-7-9-21-10-8-17/h5-6,11,13,17,21,24H,7-10,12H2,1-4H3,(H,22,23). The van der Waals surface area contributed by atoms with Crippen LogP contribution in [0.15, 0.2) is 23.1 Å². The number of thiazole rings is 1. The number of sulfonamides is 1. The third kappa shape index (κ3) is 5.11. The number of hydrogen-bond donors (Lipinski definition) is 3. The van der Waals surface area contributed by atoms with Gasteiger partial charge in [0.05, 0.1) is 15.5 Å². The van der Waals surface area contributed by atoms with Gasteiger partial charge in [0.25, 0.3) is 0 Å². The highest BCUT2D eigenvalue weighted by Crippen LogP contribution is 2.34. The topological polar surface area (TPSA) is 83.1 Å². The molecular formula is C20H30N4O2S2. The molecule has 8 heteroatoms. The minimum atomic E-state index is -3.56. The maximum Gasteiger partial charge on any atom is 0.241 e. The smallest absolute Gasteiger partial charge is 0.241 e. The third-order valence-electron chi connectivity index (χ3n) is 4.86. The number of benzene rings is 1. The molecule has 1 aromatic carbocycles. The van der Waals surface area contributed by atoms with Crippen molar-refractivity contribution in [1.29, 1.82) is 0 Å². The number of nitrogens with zero attached hydrogens (tertiary/aromatic N) is 1. The fraction of sp³-hybridized carbons (Fsp3) is 0.550. The predicted molar refractivity (Wildman–Crippen MR) is 117 cm³/mol. The highest BCUT2D eigenvalue weighted by atomic mass is 32.2. The monoisotopic (exact) mass is 422 g/mol. The van der Waals surface area contributed by atoms with Crippen LogP contribution in [0.3, 0.4) is 0 Å². The number of nitrogens with one attached hydrogen (secondary N) is 3. The second kappa shape index (κ2) is 8.90. The number of hydrogen-bond acceptors (Lipinski definition) is 6. The van der Waals surface area contributed by atoms with Crippen LogP contribution < -0.4 is 15.4 Å². The van der Waals surface area contributed by atoms with Crippen molar-refractivity contribution in [2.75, 3.05) is 25.0 Å². The second-order valence-corrected chi connectivity index (χ2v) is 10.5. The molecular weight excluding hydrogens is 392 g/mol. The molecule has 3 N–H and O–H groups in total. The zero-order valence-corrected chi connectivity index (χ0v) is 18.6. The summed E-state index contributed by atoms with van der Waals surface area (Å²) in [7, 11) is -3.56. The van der Waals surface area contributed by atoms with E-state index in [9.17, 15) is 8.42 Å². The molecule has 1 aromatic heterocycles. The third-order valence-corrected chi connectivity index (χ3v) is 7.69. The molecule has 1 aliphatic heterocycles. The summed E-state index contributed by atoms with van der Waals surface area (Å²) in [6.45, 7) is 10.7. The first-order valence-electron chi connectivity index (χ1n) is 9.81. The van der Waals surface area contributed by atoms with Gasteiger partial charge in [-0.15, -0.1) is 0 Å². The Morgan fingerprint density at radius 3 is 2.64 bits per heavy atom. The largest absolute Gasteiger partial charge is 0.361 e. The molecule has 3 rings (SSSR count). The molecule has 0 bridgehead atoms. The van der Waals surface area contributed by atoms with Crippen molar-refractivity contribution < 1.29 is 8.42 Å². The summed E-state index contributed by atoms with van der Waals surface area (Å²) in [6, 6.07) is 5.63. The van der Waals surface area contributed by atoms with Crippen LogP contribution in [0.5, 0.6) is 0 Å². The van der Waals surface area contributed by atoms with Gasteiger partial charge in [-0.25, -0.2) is 18.1 Å². The lowest BCUT2D eigenvalue weighted by atomic mass is 10.1. The number of piperidine rings is 1. The van der Waals surface area contributed by atoms with Crippen molar-refractivity contribution in [3.63, 3.8) is 0 Å². The highest BCUT2D eigenvalue weighted by molar-refractivity contribution is 7.89. The van der Waals surface area contributed by atoms with Gasteiger partial charge >= 0.3 is 0 Å². The van der Waals surface area contributed by atoms with E-state index in [1.165, 1.54) is 0 Å². The molecule has 0 saturated carbocycles. The molecule has 2 aromatic rings. The van der Waals surface area contributed by atoms with Gasteiger partial charge in [0.1, 0.15) is 0 Å². The van der Waals surface area contributed by atoms with E-state index in [1.807, 2.05) is 26.0 Å². The average molecular weight is 423 g/mol. The van der Waals surface area contributed by atoms with Crippen LogP contribution in [-0.2, 0) is 10.0 Å². The van der Waals surface area contributed by atoms with Gasteiger partial charge in [0, 0.05) is 12.6 Å². The Hall–Kier alpha value is -1.48. The van der Waals surface area contributed by atoms with Gasteiger partial charge in [-0.2, -0.15) is 0 Å². The number of anilines is 1. The Morgan fingerprint density at radius 1 is 1.25 bits per heavy atom. The molecule has 154 valence electrons. The van der Waals surface area contributed by atoms with Crippen molar-refractivity contribution >= 4 is 26.5 Å². The Morgan fingerprint density at radius 2 is 1.96 bits per heavy atom. The van der Waals surface area contributed by atoms with Crippen molar-refractivity contribution in [2.24, 2.45) is 5.92 Å². The normalized spacial score (nSPS) is 15.9. The molecule has 0 spiro atoms. The van der Waals surface area contributed by atoms with E-state index in [4.69, 9.17) is 0 Å². The van der Waals surface area contributed by atoms with Gasteiger partial charge in [0.2, 0.25) is 10.0 Å². The molecule has 0 amide bonds. The number of aromatic nitrogens is 1. The summed E-state index contributed by atoms with van der Waals surface area (Å²) in [5.41, 5.74) is 2.56. The quantitative estimate of drug-likeness (QED) is 0.636. The zero-order chi connectivity index (χ0) is 20.3. The highest BCUT2D eigenvalue weighted by Gasteiger charge is 2.24. The SMILES string of the molecule is Cc1ccc(-c2sc(NCC(C)C)nc2C)cc1S(=O)(=O)NC1CCNCC1. The molecule has 0 radical (unpaired) electrons. The van der Waals surface area contributed by atoms with Crippen LogP contribution in [0.2, 0.25) is 0 Å². The minimum Gasteiger partial charge on any atom is -0.361 e. The van der Waals surface area contributed by atoms with Crippen molar-refractivity contribution in [3.8, 4) is 10.4 Å². The molecule has 0 aliphatic carbocycles. The predicted octanol–water partition coefficient (Wildman–Crippen LogP) is 3.53. The van der Waals surface area contributed by atoms with E-state index >= 15 is 0 Å². The molecule has 1 saturated heterocycles. The molecule has 28 heavy (non-hydrogen) atoms. The van der Waals surface area contributed by atoms with Gasteiger partial charge in [0.15, 0.2) is 5.13 Å². The van der Waals surface area contributed by atoms with Crippen molar-refractivity contribution in [1.82, 2.24) is 15.0 Å². The fourth-order valence-electron chi connectivity index (χ4n) is 3.28. The van der Waals surface area contributed by atoms with Crippen LogP contribution in [0.25, 0.3) is 10.4 Å². The van der Waals surface area contributed by atoms with Gasteiger partial charge in [-0.05, 0) is 62.9 Å². The Bertz CT molecular complexity index is 916. The molecule has 1 aliphatic rings. The summed E-state index contributed by atoms with van der Waals surface area (Å²) in [6.07, 6.45) is 1.63. The summed E-state index contributed by atoms with van der Waals surface area (Å²) in [5.74, 6) is 0.532. The average Bonchev–Trinajstić information content (AvgIpc) is 3.01. The van der Waals surface area contributed by atoms with Crippen LogP contribution in [0.1, 0.15) is 37.9 Å². The van der Waals surface area contributed by atoms with E-state index in [0.717, 1.165) is 59.3 Å². The van der Waals surface area contributed by atoms with Gasteiger partial charge < -0.3 is 10.6 Å². The van der Waals surface area contributed by atoms with Gasteiger partial charge in [-0.3, -0.25) is 0 Å². The van der Waals surface area contributed by atoms with Crippen LogP contribution in [0.4, 0.5) is 5.13 Å². The summed E-state index contributed by atoms with van der Waals surface area (Å²) < 4.78 is 28.9. The Balaban J connectivity index is 1.87. The lowest BCUT2D eigenvalue weighted by Crippen LogP contribution is -2.42. The van der Waals surface area contributed by atoms with Crippen LogP contribution in [-0.4, -0.2) is 39.1 Å². The van der Waals surface area contributed by atoms with Crippen molar-refractivity contribution in [3.05, 3.63) is 29.5 Å². The second-order valence-electron chi connectivity index (χ2n) is 7.83. The molecule has 1 fully saturated rings. The van der Waals surface area contributed by atoms with E-state index in [-0.39, 0.29) is 6.04 Å². The van der Waals surface area contributed by atoms with Crippen LogP contribution in [0, 0.1) is 19.8 Å². The first kappa shape index (κ1) is 21.2. The Labute approximate surface area is 172 Å². The van der Waals surface area contributed by atoms with Crippen LogP contribution >= 0.6 is 11.3 Å². The van der Waals surface area contributed by atoms with E-state index in [2.05, 4.69) is 34.2 Å². The maximum atomic E-state index is 13.0. The lowest BCUT2D eigenvalue weighted by Gasteiger charge is -2.24. The van der Waals surface area contributed by atoms with Crippen molar-refractivity contribution in [2.45, 2.75) is 51.5 Å². The van der Waals surface area contributed by atoms with E-state index in [0.29, 0.717) is 10.8 Å². The zero-order valence-electron chi connectivity index (χ0n) is 17.0. The molecule has 0 unspecified atom stereocenters. The first-order valence-corrected chi connectivity index (χ1v) is 12.1. The number of aryl methyl sites for hydroxylation is 2. The molecule has 6 nitrogen and oxygen atoms in total. The van der Waals surface area contributed by atoms with E-state index in [1.54, 1.807) is 17.4 Å². The Kier molecular flexibility index (Phi) is 6.75. The molecule has 0 atom stereocenters. The lowest BCUT2D eigenvalue weighted by molar-refractivity contribution is 0.427. The minimum absolute atomic E-state index is 0.00807. The summed E-state index contributed by atoms with van der Waals surface area (Å²) in [5, 5.41) is 7.49. The van der Waals surface area contributed by atoms with Gasteiger partial charge in [-0.1, -0.05) is 37.3 Å². The fourth-order valence-corrected chi connectivity index (χ4v) is 5.83.